The summed E-state index contributed by atoms with van der Waals surface area (Å²) in [6.07, 6.45) is -2.20. The highest BCUT2D eigenvalue weighted by atomic mass is 35.5. The van der Waals surface area contributed by atoms with E-state index in [0.29, 0.717) is 0 Å². The first kappa shape index (κ1) is 23.3. The molecule has 166 valence electrons. The van der Waals surface area contributed by atoms with E-state index in [0.717, 1.165) is 18.2 Å². The lowest BCUT2D eigenvalue weighted by molar-refractivity contribution is -0.137. The first-order valence-electron chi connectivity index (χ1n) is 9.11. The van der Waals surface area contributed by atoms with Crippen LogP contribution in [-0.2, 0) is 25.7 Å². The number of alkyl halides is 3. The van der Waals surface area contributed by atoms with Crippen molar-refractivity contribution in [3.05, 3.63) is 64.7 Å². The van der Waals surface area contributed by atoms with Crippen molar-refractivity contribution in [3.8, 4) is 0 Å². The van der Waals surface area contributed by atoms with Gasteiger partial charge in [0, 0.05) is 24.9 Å². The predicted molar refractivity (Wildman–Crippen MR) is 110 cm³/mol. The summed E-state index contributed by atoms with van der Waals surface area (Å²) >= 11 is 6.07. The third kappa shape index (κ3) is 5.85. The number of ether oxygens (including phenoxy) is 1. The van der Waals surface area contributed by atoms with Gasteiger partial charge in [0.15, 0.2) is 0 Å². The Kier molecular flexibility index (Phi) is 7.05. The molecule has 3 rings (SSSR count). The van der Waals surface area contributed by atoms with E-state index in [4.69, 9.17) is 16.3 Å². The lowest BCUT2D eigenvalue weighted by atomic mass is 10.1. The van der Waals surface area contributed by atoms with E-state index in [1.54, 1.807) is 0 Å². The van der Waals surface area contributed by atoms with Crippen molar-refractivity contribution >= 4 is 39.3 Å². The molecular formula is C20H18ClF3N2O4S. The van der Waals surface area contributed by atoms with Gasteiger partial charge in [-0.2, -0.15) is 17.5 Å². The van der Waals surface area contributed by atoms with Crippen LogP contribution in [0.25, 0.3) is 6.08 Å². The van der Waals surface area contributed by atoms with E-state index >= 15 is 0 Å². The van der Waals surface area contributed by atoms with Gasteiger partial charge in [-0.05, 0) is 42.0 Å². The minimum absolute atomic E-state index is 0.00370. The number of amides is 1. The van der Waals surface area contributed by atoms with Gasteiger partial charge >= 0.3 is 6.18 Å². The fourth-order valence-corrected chi connectivity index (χ4v) is 4.79. The van der Waals surface area contributed by atoms with Crippen molar-refractivity contribution in [2.45, 2.75) is 11.1 Å². The van der Waals surface area contributed by atoms with Gasteiger partial charge in [-0.1, -0.05) is 23.7 Å². The average molecular weight is 475 g/mol. The van der Waals surface area contributed by atoms with Crippen LogP contribution in [0.15, 0.2) is 53.4 Å². The number of sulfonamides is 1. The minimum Gasteiger partial charge on any atom is -0.379 e. The fraction of sp³-hybridized carbons (Fsp3) is 0.250. The second kappa shape index (κ2) is 9.39. The molecule has 0 unspecified atom stereocenters. The number of hydrogen-bond acceptors (Lipinski definition) is 4. The SMILES string of the molecule is O=C(/C=C/c1cccc(C(F)(F)F)c1)Nc1ccc(Cl)c(S(=O)(=O)N2CCOCC2)c1. The van der Waals surface area contributed by atoms with Gasteiger partial charge in [0.05, 0.1) is 23.8 Å². The van der Waals surface area contributed by atoms with E-state index in [1.165, 1.54) is 40.7 Å². The van der Waals surface area contributed by atoms with Crippen LogP contribution in [0, 0.1) is 0 Å². The van der Waals surface area contributed by atoms with Crippen LogP contribution in [0.4, 0.5) is 18.9 Å². The third-order valence-corrected chi connectivity index (χ3v) is 6.81. The Morgan fingerprint density at radius 2 is 1.84 bits per heavy atom. The molecule has 11 heteroatoms. The Bertz CT molecular complexity index is 1100. The Morgan fingerprint density at radius 1 is 1.13 bits per heavy atom. The number of nitrogens with zero attached hydrogens (tertiary/aromatic N) is 1. The number of nitrogens with one attached hydrogen (secondary N) is 1. The molecule has 0 aliphatic carbocycles. The maximum absolute atomic E-state index is 12.8. The molecule has 31 heavy (non-hydrogen) atoms. The molecule has 1 aliphatic rings. The highest BCUT2D eigenvalue weighted by Gasteiger charge is 2.30. The molecule has 0 spiro atoms. The molecule has 1 N–H and O–H groups in total. The van der Waals surface area contributed by atoms with E-state index in [1.807, 2.05) is 0 Å². The molecule has 1 aliphatic heterocycles. The van der Waals surface area contributed by atoms with Crippen molar-refractivity contribution in [2.24, 2.45) is 0 Å². The molecule has 0 atom stereocenters. The summed E-state index contributed by atoms with van der Waals surface area (Å²) in [4.78, 5) is 12.0. The van der Waals surface area contributed by atoms with Crippen molar-refractivity contribution in [1.29, 1.82) is 0 Å². The fourth-order valence-electron chi connectivity index (χ4n) is 2.88. The van der Waals surface area contributed by atoms with Crippen LogP contribution < -0.4 is 5.32 Å². The van der Waals surface area contributed by atoms with Gasteiger partial charge in [-0.3, -0.25) is 4.79 Å². The molecule has 0 aromatic heterocycles. The largest absolute Gasteiger partial charge is 0.416 e. The number of benzene rings is 2. The summed E-state index contributed by atoms with van der Waals surface area (Å²) in [5.74, 6) is -0.644. The third-order valence-electron chi connectivity index (χ3n) is 4.43. The summed E-state index contributed by atoms with van der Waals surface area (Å²) in [6, 6.07) is 8.53. The number of hydrogen-bond donors (Lipinski definition) is 1. The van der Waals surface area contributed by atoms with Crippen molar-refractivity contribution < 1.29 is 31.1 Å². The molecule has 1 amide bonds. The maximum Gasteiger partial charge on any atom is 0.416 e. The first-order chi connectivity index (χ1) is 14.6. The zero-order valence-corrected chi connectivity index (χ0v) is 17.6. The standard InChI is InChI=1S/C20H18ClF3N2O4S/c21-17-6-5-16(13-18(17)31(28,29)26-8-10-30-11-9-26)25-19(27)7-4-14-2-1-3-15(12-14)20(22,23)24/h1-7,12-13H,8-11H2,(H,25,27)/b7-4+. The van der Waals surface area contributed by atoms with Crippen LogP contribution in [-0.4, -0.2) is 44.9 Å². The Morgan fingerprint density at radius 3 is 2.52 bits per heavy atom. The number of rotatable bonds is 5. The molecule has 0 radical (unpaired) electrons. The molecule has 1 heterocycles. The average Bonchev–Trinajstić information content (AvgIpc) is 2.74. The predicted octanol–water partition coefficient (Wildman–Crippen LogP) is 4.03. The molecular weight excluding hydrogens is 457 g/mol. The topological polar surface area (TPSA) is 75.7 Å². The number of carbonyl (C=O) groups excluding carboxylic acids is 1. The maximum atomic E-state index is 12.8. The van der Waals surface area contributed by atoms with Crippen molar-refractivity contribution in [3.63, 3.8) is 0 Å². The molecule has 1 saturated heterocycles. The summed E-state index contributed by atoms with van der Waals surface area (Å²) in [7, 11) is -3.88. The lowest BCUT2D eigenvalue weighted by Gasteiger charge is -2.26. The summed E-state index contributed by atoms with van der Waals surface area (Å²) in [6.45, 7) is 0.922. The van der Waals surface area contributed by atoms with Crippen LogP contribution >= 0.6 is 11.6 Å². The van der Waals surface area contributed by atoms with Crippen LogP contribution in [0.2, 0.25) is 5.02 Å². The second-order valence-electron chi connectivity index (χ2n) is 6.61. The summed E-state index contributed by atoms with van der Waals surface area (Å²) in [5, 5.41) is 2.49. The highest BCUT2D eigenvalue weighted by molar-refractivity contribution is 7.89. The van der Waals surface area contributed by atoms with Crippen molar-refractivity contribution in [1.82, 2.24) is 4.31 Å². The van der Waals surface area contributed by atoms with Gasteiger partial charge in [0.25, 0.3) is 0 Å². The highest BCUT2D eigenvalue weighted by Crippen LogP contribution is 2.30. The van der Waals surface area contributed by atoms with Crippen LogP contribution in [0.1, 0.15) is 11.1 Å². The van der Waals surface area contributed by atoms with E-state index in [-0.39, 0.29) is 47.5 Å². The Labute approximate surface area is 182 Å². The number of halogens is 4. The quantitative estimate of drug-likeness (QED) is 0.664. The lowest BCUT2D eigenvalue weighted by Crippen LogP contribution is -2.40. The minimum atomic E-state index is -4.49. The van der Waals surface area contributed by atoms with E-state index in [2.05, 4.69) is 5.32 Å². The summed E-state index contributed by atoms with van der Waals surface area (Å²) < 4.78 is 70.4. The molecule has 0 bridgehead atoms. The van der Waals surface area contributed by atoms with E-state index in [9.17, 15) is 26.4 Å². The number of anilines is 1. The monoisotopic (exact) mass is 474 g/mol. The van der Waals surface area contributed by atoms with Gasteiger partial charge in [-0.25, -0.2) is 8.42 Å². The molecule has 6 nitrogen and oxygen atoms in total. The van der Waals surface area contributed by atoms with Gasteiger partial charge in [0.2, 0.25) is 15.9 Å². The second-order valence-corrected chi connectivity index (χ2v) is 8.92. The van der Waals surface area contributed by atoms with E-state index < -0.39 is 27.7 Å². The zero-order valence-electron chi connectivity index (χ0n) is 16.0. The zero-order chi connectivity index (χ0) is 22.6. The number of morpholine rings is 1. The Balaban J connectivity index is 1.75. The van der Waals surface area contributed by atoms with Gasteiger partial charge < -0.3 is 10.1 Å². The molecule has 0 saturated carbocycles. The summed E-state index contributed by atoms with van der Waals surface area (Å²) in [5.41, 5.74) is -0.461. The molecule has 1 fully saturated rings. The van der Waals surface area contributed by atoms with Gasteiger partial charge in [0.1, 0.15) is 4.90 Å². The smallest absolute Gasteiger partial charge is 0.379 e. The van der Waals surface area contributed by atoms with Crippen LogP contribution in [0.3, 0.4) is 0 Å². The van der Waals surface area contributed by atoms with Crippen LogP contribution in [0.5, 0.6) is 0 Å². The van der Waals surface area contributed by atoms with Crippen molar-refractivity contribution in [2.75, 3.05) is 31.6 Å². The molecule has 2 aromatic rings. The first-order valence-corrected chi connectivity index (χ1v) is 10.9. The molecule has 2 aromatic carbocycles. The normalized spacial score (nSPS) is 15.9. The number of carbonyl (C=O) groups is 1. The Hall–Kier alpha value is -2.40. The van der Waals surface area contributed by atoms with Gasteiger partial charge in [-0.15, -0.1) is 0 Å².